The fourth-order valence-corrected chi connectivity index (χ4v) is 2.23. The number of esters is 1. The lowest BCUT2D eigenvalue weighted by Gasteiger charge is -2.13. The van der Waals surface area contributed by atoms with Gasteiger partial charge in [0.25, 0.3) is 0 Å². The summed E-state index contributed by atoms with van der Waals surface area (Å²) in [6.07, 6.45) is 0. The molecule has 0 N–H and O–H groups in total. The van der Waals surface area contributed by atoms with E-state index in [9.17, 15) is 4.79 Å². The molecule has 0 atom stereocenters. The highest BCUT2D eigenvalue weighted by atomic mass is 16.5. The highest BCUT2D eigenvalue weighted by molar-refractivity contribution is 5.91. The van der Waals surface area contributed by atoms with Crippen LogP contribution in [-0.4, -0.2) is 27.3 Å². The first-order valence-corrected chi connectivity index (χ1v) is 7.11. The molecular formula is C18H20O5. The van der Waals surface area contributed by atoms with Crippen molar-refractivity contribution in [3.8, 4) is 17.2 Å². The number of benzene rings is 2. The summed E-state index contributed by atoms with van der Waals surface area (Å²) in [5.74, 6) is 0.805. The summed E-state index contributed by atoms with van der Waals surface area (Å²) in [5, 5.41) is 0. The molecule has 2 rings (SSSR count). The van der Waals surface area contributed by atoms with Crippen LogP contribution >= 0.6 is 0 Å². The first kappa shape index (κ1) is 16.7. The van der Waals surface area contributed by atoms with Crippen molar-refractivity contribution >= 4 is 5.97 Å². The Morgan fingerprint density at radius 2 is 1.61 bits per heavy atom. The van der Waals surface area contributed by atoms with Crippen LogP contribution in [0.15, 0.2) is 36.4 Å². The summed E-state index contributed by atoms with van der Waals surface area (Å²) in [4.78, 5) is 12.3. The minimum absolute atomic E-state index is 0.206. The lowest BCUT2D eigenvalue weighted by molar-refractivity contribution is 0.0471. The van der Waals surface area contributed by atoms with Crippen LogP contribution in [-0.2, 0) is 11.3 Å². The molecule has 2 aromatic rings. The molecule has 2 aromatic carbocycles. The normalized spacial score (nSPS) is 10.1. The molecule has 0 amide bonds. The predicted molar refractivity (Wildman–Crippen MR) is 86.4 cm³/mol. The fraction of sp³-hybridized carbons (Fsp3) is 0.278. The van der Waals surface area contributed by atoms with Gasteiger partial charge in [0, 0.05) is 0 Å². The zero-order chi connectivity index (χ0) is 16.8. The maximum atomic E-state index is 12.3. The van der Waals surface area contributed by atoms with E-state index in [1.54, 1.807) is 12.1 Å². The monoisotopic (exact) mass is 316 g/mol. The zero-order valence-corrected chi connectivity index (χ0v) is 13.7. The van der Waals surface area contributed by atoms with Gasteiger partial charge in [-0.15, -0.1) is 0 Å². The van der Waals surface area contributed by atoms with E-state index in [1.165, 1.54) is 21.3 Å². The van der Waals surface area contributed by atoms with Crippen LogP contribution in [0.5, 0.6) is 17.2 Å². The molecule has 5 nitrogen and oxygen atoms in total. The summed E-state index contributed by atoms with van der Waals surface area (Å²) >= 11 is 0. The number of carbonyl (C=O) groups excluding carboxylic acids is 1. The predicted octanol–water partition coefficient (Wildman–Crippen LogP) is 3.38. The van der Waals surface area contributed by atoms with E-state index in [2.05, 4.69) is 0 Å². The Labute approximate surface area is 135 Å². The summed E-state index contributed by atoms with van der Waals surface area (Å²) in [6.45, 7) is 2.20. The summed E-state index contributed by atoms with van der Waals surface area (Å²) in [7, 11) is 4.51. The molecule has 0 aromatic heterocycles. The molecule has 0 fully saturated rings. The van der Waals surface area contributed by atoms with Crippen molar-refractivity contribution in [2.75, 3.05) is 21.3 Å². The third kappa shape index (κ3) is 3.94. The second kappa shape index (κ2) is 7.54. The SMILES string of the molecule is COc1cc(C(=O)OCc2cccc(C)c2)cc(OC)c1OC. The Kier molecular flexibility index (Phi) is 5.46. The smallest absolute Gasteiger partial charge is 0.338 e. The molecule has 5 heteroatoms. The van der Waals surface area contributed by atoms with Crippen LogP contribution in [0.1, 0.15) is 21.5 Å². The number of carbonyl (C=O) groups is 1. The summed E-state index contributed by atoms with van der Waals surface area (Å²) in [6, 6.07) is 10.9. The number of rotatable bonds is 6. The van der Waals surface area contributed by atoms with Gasteiger partial charge in [0.15, 0.2) is 11.5 Å². The largest absolute Gasteiger partial charge is 0.493 e. The number of hydrogen-bond acceptors (Lipinski definition) is 5. The Hall–Kier alpha value is -2.69. The molecule has 0 aliphatic rings. The van der Waals surface area contributed by atoms with E-state index in [1.807, 2.05) is 31.2 Å². The van der Waals surface area contributed by atoms with Gasteiger partial charge in [-0.1, -0.05) is 29.8 Å². The highest BCUT2D eigenvalue weighted by Gasteiger charge is 2.17. The van der Waals surface area contributed by atoms with Gasteiger partial charge < -0.3 is 18.9 Å². The van der Waals surface area contributed by atoms with Gasteiger partial charge in [0.2, 0.25) is 5.75 Å². The van der Waals surface area contributed by atoms with E-state index in [0.29, 0.717) is 22.8 Å². The van der Waals surface area contributed by atoms with E-state index < -0.39 is 5.97 Å². The first-order valence-electron chi connectivity index (χ1n) is 7.11. The first-order chi connectivity index (χ1) is 11.1. The quantitative estimate of drug-likeness (QED) is 0.765. The number of aryl methyl sites for hydroxylation is 1. The van der Waals surface area contributed by atoms with Crippen molar-refractivity contribution < 1.29 is 23.7 Å². The van der Waals surface area contributed by atoms with Crippen LogP contribution in [0.4, 0.5) is 0 Å². The highest BCUT2D eigenvalue weighted by Crippen LogP contribution is 2.38. The number of ether oxygens (including phenoxy) is 4. The van der Waals surface area contributed by atoms with E-state index in [-0.39, 0.29) is 6.61 Å². The molecule has 0 aliphatic carbocycles. The molecule has 0 saturated heterocycles. The Bertz CT molecular complexity index is 669. The van der Waals surface area contributed by atoms with E-state index in [4.69, 9.17) is 18.9 Å². The average Bonchev–Trinajstić information content (AvgIpc) is 2.58. The summed E-state index contributed by atoms with van der Waals surface area (Å²) in [5.41, 5.74) is 2.39. The second-order valence-electron chi connectivity index (χ2n) is 4.98. The maximum absolute atomic E-state index is 12.3. The number of methoxy groups -OCH3 is 3. The van der Waals surface area contributed by atoms with Crippen molar-refractivity contribution in [1.82, 2.24) is 0 Å². The van der Waals surface area contributed by atoms with E-state index in [0.717, 1.165) is 11.1 Å². The minimum atomic E-state index is -0.453. The van der Waals surface area contributed by atoms with Crippen LogP contribution < -0.4 is 14.2 Å². The van der Waals surface area contributed by atoms with Crippen molar-refractivity contribution in [3.63, 3.8) is 0 Å². The zero-order valence-electron chi connectivity index (χ0n) is 13.7. The molecule has 122 valence electrons. The standard InChI is InChI=1S/C18H20O5/c1-12-6-5-7-13(8-12)11-23-18(19)14-9-15(20-2)17(22-4)16(10-14)21-3/h5-10H,11H2,1-4H3. The van der Waals surface area contributed by atoms with Crippen molar-refractivity contribution in [3.05, 3.63) is 53.1 Å². The van der Waals surface area contributed by atoms with Crippen LogP contribution in [0.25, 0.3) is 0 Å². The van der Waals surface area contributed by atoms with Gasteiger partial charge in [0.05, 0.1) is 26.9 Å². The van der Waals surface area contributed by atoms with Crippen molar-refractivity contribution in [2.24, 2.45) is 0 Å². The van der Waals surface area contributed by atoms with Crippen LogP contribution in [0, 0.1) is 6.92 Å². The fourth-order valence-electron chi connectivity index (χ4n) is 2.23. The molecule has 0 aliphatic heterocycles. The van der Waals surface area contributed by atoms with Gasteiger partial charge >= 0.3 is 5.97 Å². The van der Waals surface area contributed by atoms with Crippen molar-refractivity contribution in [2.45, 2.75) is 13.5 Å². The van der Waals surface area contributed by atoms with E-state index >= 15 is 0 Å². The lowest BCUT2D eigenvalue weighted by Crippen LogP contribution is -2.07. The van der Waals surface area contributed by atoms with Gasteiger partial charge in [0.1, 0.15) is 6.61 Å². The van der Waals surface area contributed by atoms with Gasteiger partial charge in [-0.25, -0.2) is 4.79 Å². The maximum Gasteiger partial charge on any atom is 0.338 e. The Morgan fingerprint density at radius 3 is 2.13 bits per heavy atom. The molecule has 0 bridgehead atoms. The molecule has 0 radical (unpaired) electrons. The lowest BCUT2D eigenvalue weighted by atomic mass is 10.1. The van der Waals surface area contributed by atoms with Crippen LogP contribution in [0.3, 0.4) is 0 Å². The Morgan fingerprint density at radius 1 is 0.957 bits per heavy atom. The van der Waals surface area contributed by atoms with Gasteiger partial charge in [-0.05, 0) is 24.6 Å². The third-order valence-corrected chi connectivity index (χ3v) is 3.35. The Balaban J connectivity index is 2.18. The number of hydrogen-bond donors (Lipinski definition) is 0. The van der Waals surface area contributed by atoms with Crippen LogP contribution in [0.2, 0.25) is 0 Å². The topological polar surface area (TPSA) is 54.0 Å². The molecule has 0 spiro atoms. The molecule has 0 heterocycles. The van der Waals surface area contributed by atoms with Gasteiger partial charge in [-0.2, -0.15) is 0 Å². The van der Waals surface area contributed by atoms with Crippen molar-refractivity contribution in [1.29, 1.82) is 0 Å². The van der Waals surface area contributed by atoms with Gasteiger partial charge in [-0.3, -0.25) is 0 Å². The summed E-state index contributed by atoms with van der Waals surface area (Å²) < 4.78 is 21.1. The second-order valence-corrected chi connectivity index (χ2v) is 4.98. The average molecular weight is 316 g/mol. The molecule has 23 heavy (non-hydrogen) atoms. The molecular weight excluding hydrogens is 296 g/mol. The molecule has 0 saturated carbocycles. The minimum Gasteiger partial charge on any atom is -0.493 e. The third-order valence-electron chi connectivity index (χ3n) is 3.35. The molecule has 0 unspecified atom stereocenters.